The number of imidazole rings is 1. The Balaban J connectivity index is 2.72. The third kappa shape index (κ3) is 1.40. The summed E-state index contributed by atoms with van der Waals surface area (Å²) in [5.41, 5.74) is 1.77. The van der Waals surface area contributed by atoms with Crippen LogP contribution in [0.2, 0.25) is 5.02 Å². The van der Waals surface area contributed by atoms with Crippen molar-refractivity contribution in [3.63, 3.8) is 0 Å². The van der Waals surface area contributed by atoms with E-state index in [1.807, 2.05) is 23.6 Å². The second kappa shape index (κ2) is 3.42. The smallest absolute Gasteiger partial charge is 0.139 e. The van der Waals surface area contributed by atoms with Gasteiger partial charge < -0.3 is 9.36 Å². The van der Waals surface area contributed by atoms with Crippen molar-refractivity contribution in [2.24, 2.45) is 0 Å². The molecule has 3 nitrogen and oxygen atoms in total. The van der Waals surface area contributed by atoms with Crippen LogP contribution in [0.25, 0.3) is 11.0 Å². The van der Waals surface area contributed by atoms with Gasteiger partial charge in [0, 0.05) is 5.02 Å². The Hall–Kier alpha value is -1.35. The lowest BCUT2D eigenvalue weighted by molar-refractivity contribution is -0.108. The minimum absolute atomic E-state index is 0.322. The molecular weight excluding hydrogens is 200 g/mol. The molecule has 0 aliphatic heterocycles. The number of hydrogen-bond acceptors (Lipinski definition) is 2. The number of carbonyl (C=O) groups is 1. The molecule has 1 heterocycles. The largest absolute Gasteiger partial charge is 0.321 e. The zero-order valence-electron chi connectivity index (χ0n) is 7.70. The summed E-state index contributed by atoms with van der Waals surface area (Å²) < 4.78 is 1.84. The van der Waals surface area contributed by atoms with Crippen LogP contribution in [0.15, 0.2) is 18.2 Å². The van der Waals surface area contributed by atoms with Crippen molar-refractivity contribution in [2.45, 2.75) is 13.5 Å². The van der Waals surface area contributed by atoms with Gasteiger partial charge in [0.15, 0.2) is 0 Å². The average molecular weight is 209 g/mol. The Labute approximate surface area is 86.3 Å². The SMILES string of the molecule is Cc1nc2ccc(Cl)cc2n1CC=O. The molecule has 0 atom stereocenters. The number of benzene rings is 1. The molecule has 0 aliphatic carbocycles. The van der Waals surface area contributed by atoms with E-state index in [1.54, 1.807) is 6.07 Å². The van der Waals surface area contributed by atoms with Gasteiger partial charge in [-0.25, -0.2) is 4.98 Å². The molecule has 0 amide bonds. The second-order valence-corrected chi connectivity index (χ2v) is 3.51. The van der Waals surface area contributed by atoms with Crippen LogP contribution < -0.4 is 0 Å². The van der Waals surface area contributed by atoms with Gasteiger partial charge >= 0.3 is 0 Å². The summed E-state index contributed by atoms with van der Waals surface area (Å²) in [4.78, 5) is 14.8. The summed E-state index contributed by atoms with van der Waals surface area (Å²) in [5, 5.41) is 0.657. The Morgan fingerprint density at radius 3 is 3.07 bits per heavy atom. The van der Waals surface area contributed by atoms with Crippen molar-refractivity contribution in [1.29, 1.82) is 0 Å². The maximum atomic E-state index is 10.5. The highest BCUT2D eigenvalue weighted by molar-refractivity contribution is 6.31. The molecular formula is C10H9ClN2O. The third-order valence-electron chi connectivity index (χ3n) is 2.16. The molecule has 14 heavy (non-hydrogen) atoms. The van der Waals surface area contributed by atoms with Crippen LogP contribution in [0, 0.1) is 6.92 Å². The highest BCUT2D eigenvalue weighted by Crippen LogP contribution is 2.19. The number of hydrogen-bond donors (Lipinski definition) is 0. The summed E-state index contributed by atoms with van der Waals surface area (Å²) in [6, 6.07) is 5.47. The van der Waals surface area contributed by atoms with Gasteiger partial charge in [-0.15, -0.1) is 0 Å². The van der Waals surface area contributed by atoms with Crippen molar-refractivity contribution in [2.75, 3.05) is 0 Å². The molecule has 0 saturated heterocycles. The first-order valence-corrected chi connectivity index (χ1v) is 4.66. The number of fused-ring (bicyclic) bond motifs is 1. The van der Waals surface area contributed by atoms with E-state index in [1.165, 1.54) is 0 Å². The van der Waals surface area contributed by atoms with Crippen LogP contribution in [-0.4, -0.2) is 15.8 Å². The van der Waals surface area contributed by atoms with Gasteiger partial charge in [0.25, 0.3) is 0 Å². The predicted molar refractivity (Wildman–Crippen MR) is 55.5 cm³/mol. The van der Waals surface area contributed by atoms with Gasteiger partial charge in [0.05, 0.1) is 17.6 Å². The molecule has 0 aliphatic rings. The minimum Gasteiger partial charge on any atom is -0.321 e. The standard InChI is InChI=1S/C10H9ClN2O/c1-7-12-9-3-2-8(11)6-10(9)13(7)4-5-14/h2-3,5-6H,4H2,1H3. The Morgan fingerprint density at radius 1 is 1.57 bits per heavy atom. The number of carbonyl (C=O) groups excluding carboxylic acids is 1. The van der Waals surface area contributed by atoms with Gasteiger partial charge in [-0.05, 0) is 25.1 Å². The first kappa shape index (κ1) is 9.21. The van der Waals surface area contributed by atoms with Gasteiger partial charge in [0.2, 0.25) is 0 Å². The first-order valence-electron chi connectivity index (χ1n) is 4.28. The average Bonchev–Trinajstić information content (AvgIpc) is 2.45. The van der Waals surface area contributed by atoms with E-state index in [4.69, 9.17) is 11.6 Å². The molecule has 0 N–H and O–H groups in total. The zero-order valence-corrected chi connectivity index (χ0v) is 8.45. The molecule has 2 aromatic rings. The molecule has 1 aromatic carbocycles. The number of halogens is 1. The molecule has 1 aromatic heterocycles. The van der Waals surface area contributed by atoms with E-state index in [9.17, 15) is 4.79 Å². The van der Waals surface area contributed by atoms with Crippen LogP contribution in [0.1, 0.15) is 5.82 Å². The maximum absolute atomic E-state index is 10.5. The molecule has 0 unspecified atom stereocenters. The number of rotatable bonds is 2. The summed E-state index contributed by atoms with van der Waals surface area (Å²) in [6.45, 7) is 2.19. The van der Waals surface area contributed by atoms with Crippen molar-refractivity contribution >= 4 is 28.9 Å². The number of nitrogens with zero attached hydrogens (tertiary/aromatic N) is 2. The number of aldehydes is 1. The third-order valence-corrected chi connectivity index (χ3v) is 2.39. The Morgan fingerprint density at radius 2 is 2.36 bits per heavy atom. The van der Waals surface area contributed by atoms with Crippen molar-refractivity contribution < 1.29 is 4.79 Å². The molecule has 2 rings (SSSR count). The fourth-order valence-corrected chi connectivity index (χ4v) is 1.69. The Kier molecular flexibility index (Phi) is 2.25. The van der Waals surface area contributed by atoms with Crippen molar-refractivity contribution in [3.05, 3.63) is 29.0 Å². The fourth-order valence-electron chi connectivity index (χ4n) is 1.52. The van der Waals surface area contributed by atoms with Gasteiger partial charge in [-0.2, -0.15) is 0 Å². The quantitative estimate of drug-likeness (QED) is 0.710. The van der Waals surface area contributed by atoms with E-state index in [-0.39, 0.29) is 0 Å². The first-order chi connectivity index (χ1) is 6.72. The molecule has 72 valence electrons. The second-order valence-electron chi connectivity index (χ2n) is 3.07. The van der Waals surface area contributed by atoms with Crippen LogP contribution in [-0.2, 0) is 11.3 Å². The van der Waals surface area contributed by atoms with Crippen molar-refractivity contribution in [3.8, 4) is 0 Å². The lowest BCUT2D eigenvalue weighted by atomic mass is 10.3. The summed E-state index contributed by atoms with van der Waals surface area (Å²) >= 11 is 5.87. The highest BCUT2D eigenvalue weighted by atomic mass is 35.5. The lowest BCUT2D eigenvalue weighted by Crippen LogP contribution is -2.00. The molecule has 0 spiro atoms. The minimum atomic E-state index is 0.322. The van der Waals surface area contributed by atoms with E-state index in [0.29, 0.717) is 11.6 Å². The Bertz CT molecular complexity index is 490. The number of aromatic nitrogens is 2. The molecule has 0 radical (unpaired) electrons. The molecule has 0 fully saturated rings. The van der Waals surface area contributed by atoms with Crippen molar-refractivity contribution in [1.82, 2.24) is 9.55 Å². The van der Waals surface area contributed by atoms with Crippen LogP contribution in [0.5, 0.6) is 0 Å². The monoisotopic (exact) mass is 208 g/mol. The molecule has 4 heteroatoms. The van der Waals surface area contributed by atoms with Crippen LogP contribution >= 0.6 is 11.6 Å². The molecule has 0 bridgehead atoms. The molecule has 0 saturated carbocycles. The number of aryl methyl sites for hydroxylation is 1. The van der Waals surface area contributed by atoms with E-state index < -0.39 is 0 Å². The van der Waals surface area contributed by atoms with Gasteiger partial charge in [-0.1, -0.05) is 11.6 Å². The predicted octanol–water partition coefficient (Wildman–Crippen LogP) is 2.20. The highest BCUT2D eigenvalue weighted by Gasteiger charge is 2.06. The maximum Gasteiger partial charge on any atom is 0.139 e. The summed E-state index contributed by atoms with van der Waals surface area (Å²) in [5.74, 6) is 0.828. The van der Waals surface area contributed by atoms with Gasteiger partial charge in [-0.3, -0.25) is 0 Å². The normalized spacial score (nSPS) is 10.7. The summed E-state index contributed by atoms with van der Waals surface area (Å²) in [6.07, 6.45) is 0.856. The van der Waals surface area contributed by atoms with Gasteiger partial charge in [0.1, 0.15) is 12.1 Å². The van der Waals surface area contributed by atoms with Crippen LogP contribution in [0.4, 0.5) is 0 Å². The van der Waals surface area contributed by atoms with E-state index >= 15 is 0 Å². The topological polar surface area (TPSA) is 34.9 Å². The fraction of sp³-hybridized carbons (Fsp3) is 0.200. The van der Waals surface area contributed by atoms with E-state index in [2.05, 4.69) is 4.98 Å². The zero-order chi connectivity index (χ0) is 10.1. The van der Waals surface area contributed by atoms with Crippen LogP contribution in [0.3, 0.4) is 0 Å². The van der Waals surface area contributed by atoms with E-state index in [0.717, 1.165) is 23.1 Å². The summed E-state index contributed by atoms with van der Waals surface area (Å²) in [7, 11) is 0. The lowest BCUT2D eigenvalue weighted by Gasteiger charge is -2.00.